The van der Waals surface area contributed by atoms with Crippen molar-refractivity contribution in [1.82, 2.24) is 30.1 Å². The molecule has 1 aliphatic heterocycles. The van der Waals surface area contributed by atoms with E-state index in [0.29, 0.717) is 49.4 Å². The standard InChI is InChI=1S/C24H30Br2N10O2/c1-35-10-12(25)6-17(35)22(38)30-8-13-11(7-29-21(37)16-3-4-18(26)36(16)2)5-14-20(34-24(28)32-14)19(13)15-9-31-23(27)33-15/h3-4,6,10-11,13,15,19H,5,7-9H2,1-2H3,(H,29,37)(H,30,38)(H3,27,31,33)(H3,28,32,34)/p+2/t11-,13-,15?,19-/m1/s1. The Morgan fingerprint density at radius 3 is 2.50 bits per heavy atom. The fourth-order valence-electron chi connectivity index (χ4n) is 5.68. The van der Waals surface area contributed by atoms with Crippen molar-refractivity contribution in [2.24, 2.45) is 31.7 Å². The summed E-state index contributed by atoms with van der Waals surface area (Å²) in [5, 5.41) is 9.61. The van der Waals surface area contributed by atoms with Crippen molar-refractivity contribution in [2.75, 3.05) is 25.4 Å². The van der Waals surface area contributed by atoms with E-state index in [9.17, 15) is 9.59 Å². The summed E-state index contributed by atoms with van der Waals surface area (Å²) in [6, 6.07) is 5.38. The Bertz CT molecular complexity index is 1410. The number of fused-ring (bicyclic) bond motifs is 1. The third-order valence-corrected chi connectivity index (χ3v) is 8.78. The number of rotatable bonds is 7. The summed E-state index contributed by atoms with van der Waals surface area (Å²) in [4.78, 5) is 35.9. The van der Waals surface area contributed by atoms with Gasteiger partial charge in [-0.1, -0.05) is 0 Å². The van der Waals surface area contributed by atoms with Crippen molar-refractivity contribution in [2.45, 2.75) is 18.4 Å². The number of aromatic nitrogens is 4. The van der Waals surface area contributed by atoms with E-state index in [1.54, 1.807) is 21.3 Å². The highest BCUT2D eigenvalue weighted by Gasteiger charge is 2.47. The first-order chi connectivity index (χ1) is 18.1. The number of nitrogen functional groups attached to an aromatic ring is 1. The van der Waals surface area contributed by atoms with Crippen molar-refractivity contribution in [3.8, 4) is 0 Å². The molecule has 10 N–H and O–H groups in total. The summed E-state index contributed by atoms with van der Waals surface area (Å²) in [7, 11) is 3.67. The maximum atomic E-state index is 13.1. The molecule has 3 aromatic heterocycles. The van der Waals surface area contributed by atoms with Crippen LogP contribution in [0.1, 0.15) is 38.3 Å². The van der Waals surface area contributed by atoms with Gasteiger partial charge in [0.15, 0.2) is 0 Å². The van der Waals surface area contributed by atoms with Crippen molar-refractivity contribution in [3.63, 3.8) is 0 Å². The zero-order valence-corrected chi connectivity index (χ0v) is 24.2. The van der Waals surface area contributed by atoms with Crippen LogP contribution in [0.3, 0.4) is 0 Å². The normalized spacial score (nSPS) is 22.5. The van der Waals surface area contributed by atoms with Gasteiger partial charge in [0.1, 0.15) is 28.8 Å². The predicted molar refractivity (Wildman–Crippen MR) is 148 cm³/mol. The summed E-state index contributed by atoms with van der Waals surface area (Å²) in [5.74, 6) is 0.572. The lowest BCUT2D eigenvalue weighted by Gasteiger charge is -2.38. The number of imidazole rings is 1. The number of aryl methyl sites for hydroxylation is 1. The van der Waals surface area contributed by atoms with Gasteiger partial charge in [-0.05, 0) is 61.9 Å². The minimum absolute atomic E-state index is 0.00989. The average molecular weight is 652 g/mol. The van der Waals surface area contributed by atoms with E-state index < -0.39 is 0 Å². The van der Waals surface area contributed by atoms with Gasteiger partial charge in [0, 0.05) is 44.3 Å². The molecule has 0 fully saturated rings. The van der Waals surface area contributed by atoms with Gasteiger partial charge in [-0.2, -0.15) is 0 Å². The van der Waals surface area contributed by atoms with Gasteiger partial charge in [-0.3, -0.25) is 31.4 Å². The highest BCUT2D eigenvalue weighted by Crippen LogP contribution is 2.39. The van der Waals surface area contributed by atoms with E-state index in [0.717, 1.165) is 20.5 Å². The van der Waals surface area contributed by atoms with Crippen LogP contribution in [0.25, 0.3) is 0 Å². The number of guanidine groups is 1. The number of nitrogens with two attached hydrogens (primary N) is 2. The van der Waals surface area contributed by atoms with Gasteiger partial charge in [-0.25, -0.2) is 9.97 Å². The molecule has 2 amide bonds. The van der Waals surface area contributed by atoms with Gasteiger partial charge >= 0.3 is 11.9 Å². The van der Waals surface area contributed by atoms with E-state index in [-0.39, 0.29) is 35.6 Å². The molecule has 0 bridgehead atoms. The monoisotopic (exact) mass is 650 g/mol. The number of nitrogens with zero attached hydrogens (tertiary/aromatic N) is 2. The number of carbonyl (C=O) groups is 2. The van der Waals surface area contributed by atoms with E-state index in [2.05, 4.69) is 62.8 Å². The second-order valence-electron chi connectivity index (χ2n) is 9.93. The lowest BCUT2D eigenvalue weighted by Crippen LogP contribution is -2.73. The molecule has 0 aromatic carbocycles. The Morgan fingerprint density at radius 2 is 1.87 bits per heavy atom. The van der Waals surface area contributed by atoms with Crippen LogP contribution in [-0.2, 0) is 20.5 Å². The highest BCUT2D eigenvalue weighted by atomic mass is 79.9. The fourth-order valence-corrected chi connectivity index (χ4v) is 6.53. The van der Waals surface area contributed by atoms with E-state index in [1.165, 1.54) is 0 Å². The number of H-pyrrole nitrogens is 2. The molecule has 38 heavy (non-hydrogen) atoms. The Balaban J connectivity index is 1.42. The van der Waals surface area contributed by atoms with Gasteiger partial charge in [-0.15, -0.1) is 0 Å². The predicted octanol–water partition coefficient (Wildman–Crippen LogP) is -1.29. The van der Waals surface area contributed by atoms with Crippen LogP contribution in [0, 0.1) is 11.8 Å². The second-order valence-corrected chi connectivity index (χ2v) is 11.7. The quantitative estimate of drug-likeness (QED) is 0.168. The maximum absolute atomic E-state index is 13.1. The number of aromatic amines is 2. The molecule has 12 nitrogen and oxygen atoms in total. The van der Waals surface area contributed by atoms with Crippen molar-refractivity contribution < 1.29 is 19.6 Å². The minimum Gasteiger partial charge on any atom is -0.350 e. The van der Waals surface area contributed by atoms with Gasteiger partial charge in [0.05, 0.1) is 17.1 Å². The summed E-state index contributed by atoms with van der Waals surface area (Å²) < 4.78 is 5.23. The average Bonchev–Trinajstić information content (AvgIpc) is 3.63. The molecule has 0 saturated carbocycles. The lowest BCUT2D eigenvalue weighted by atomic mass is 9.69. The molecular weight excluding hydrogens is 620 g/mol. The van der Waals surface area contributed by atoms with Crippen molar-refractivity contribution >= 4 is 55.6 Å². The van der Waals surface area contributed by atoms with Crippen LogP contribution < -0.4 is 37.4 Å². The molecule has 4 atom stereocenters. The molecule has 2 aliphatic rings. The number of carbonyl (C=O) groups excluding carboxylic acids is 2. The molecule has 5 rings (SSSR count). The molecule has 0 radical (unpaired) electrons. The second kappa shape index (κ2) is 10.5. The maximum Gasteiger partial charge on any atom is 0.350 e. The molecule has 1 aliphatic carbocycles. The van der Waals surface area contributed by atoms with E-state index in [4.69, 9.17) is 11.5 Å². The smallest absolute Gasteiger partial charge is 0.350 e. The Kier molecular flexibility index (Phi) is 7.27. The third-order valence-electron chi connectivity index (χ3n) is 7.55. The molecular formula is C24H32Br2N10O2+2. The number of hydrogen-bond donors (Lipinski definition) is 7. The first kappa shape index (κ1) is 26.4. The Labute approximate surface area is 236 Å². The summed E-state index contributed by atoms with van der Waals surface area (Å²) in [6.45, 7) is 1.45. The SMILES string of the molecule is Cn1cc(Br)cc1C(=O)NC[C@@H]1[C@@H](CNC(=O)c2ccc(Br)n2C)Cc2[nH]c(N)[nH+]c2[C@H]1C1C[NH+]=C(N)N1. The molecule has 3 aromatic rings. The van der Waals surface area contributed by atoms with E-state index >= 15 is 0 Å². The summed E-state index contributed by atoms with van der Waals surface area (Å²) >= 11 is 6.88. The van der Waals surface area contributed by atoms with Gasteiger partial charge in [0.2, 0.25) is 0 Å². The van der Waals surface area contributed by atoms with Crippen molar-refractivity contribution in [1.29, 1.82) is 0 Å². The number of anilines is 1. The molecule has 0 saturated heterocycles. The number of hydrogen-bond acceptors (Lipinski definition) is 5. The molecule has 4 heterocycles. The van der Waals surface area contributed by atoms with Crippen LogP contribution in [-0.4, -0.2) is 57.6 Å². The minimum atomic E-state index is -0.166. The third kappa shape index (κ3) is 5.06. The lowest BCUT2D eigenvalue weighted by molar-refractivity contribution is -0.452. The topological polar surface area (TPSA) is 176 Å². The molecule has 1 unspecified atom stereocenters. The number of nitrogens with one attached hydrogen (secondary N) is 6. The Hall–Kier alpha value is -3.26. The first-order valence-electron chi connectivity index (χ1n) is 12.3. The molecule has 0 spiro atoms. The van der Waals surface area contributed by atoms with Gasteiger partial charge < -0.3 is 19.8 Å². The van der Waals surface area contributed by atoms with Crippen LogP contribution in [0.15, 0.2) is 33.5 Å². The van der Waals surface area contributed by atoms with Crippen LogP contribution in [0.2, 0.25) is 0 Å². The highest BCUT2D eigenvalue weighted by molar-refractivity contribution is 9.10. The number of halogens is 2. The van der Waals surface area contributed by atoms with E-state index in [1.807, 2.05) is 26.4 Å². The molecule has 14 heteroatoms. The van der Waals surface area contributed by atoms with Crippen molar-refractivity contribution in [3.05, 3.63) is 56.2 Å². The number of amides is 2. The fraction of sp³-hybridized carbons (Fsp3) is 0.417. The summed E-state index contributed by atoms with van der Waals surface area (Å²) in [5.41, 5.74) is 15.3. The Morgan fingerprint density at radius 1 is 1.13 bits per heavy atom. The molecule has 202 valence electrons. The summed E-state index contributed by atoms with van der Waals surface area (Å²) in [6.07, 6.45) is 2.50. The van der Waals surface area contributed by atoms with Crippen LogP contribution in [0.5, 0.6) is 0 Å². The first-order valence-corrected chi connectivity index (χ1v) is 13.9. The van der Waals surface area contributed by atoms with Crippen LogP contribution in [0.4, 0.5) is 5.95 Å². The zero-order chi connectivity index (χ0) is 27.1. The van der Waals surface area contributed by atoms with Crippen LogP contribution >= 0.6 is 31.9 Å². The zero-order valence-electron chi connectivity index (χ0n) is 21.1. The largest absolute Gasteiger partial charge is 0.350 e. The van der Waals surface area contributed by atoms with Gasteiger partial charge in [0.25, 0.3) is 11.8 Å².